The fourth-order valence-corrected chi connectivity index (χ4v) is 1.45. The molecule has 1 heterocycles. The number of methoxy groups -OCH3 is 1. The molecule has 0 atom stereocenters. The minimum absolute atomic E-state index is 0.361. The van der Waals surface area contributed by atoms with Crippen molar-refractivity contribution in [2.45, 2.75) is 0 Å². The molecular weight excluding hydrogens is 210 g/mol. The van der Waals surface area contributed by atoms with E-state index in [0.29, 0.717) is 30.2 Å². The molecule has 2 rings (SSSR count). The number of fused-ring (bicyclic) bond motifs is 1. The van der Waals surface area contributed by atoms with E-state index in [-0.39, 0.29) is 0 Å². The normalized spacial score (nSPS) is 13.6. The van der Waals surface area contributed by atoms with Crippen molar-refractivity contribution in [3.05, 3.63) is 23.8 Å². The second-order valence-corrected chi connectivity index (χ2v) is 3.33. The highest BCUT2D eigenvalue weighted by atomic mass is 16.5. The van der Waals surface area contributed by atoms with Crippen LogP contribution in [0.1, 0.15) is 10.4 Å². The van der Waals surface area contributed by atoms with E-state index in [2.05, 4.69) is 5.32 Å². The van der Waals surface area contributed by atoms with E-state index in [4.69, 9.17) is 9.47 Å². The quantitative estimate of drug-likeness (QED) is 0.604. The monoisotopic (exact) mass is 221 g/mol. The number of carbonyl (C=O) groups is 2. The van der Waals surface area contributed by atoms with Gasteiger partial charge < -0.3 is 14.8 Å². The fraction of sp³-hybridized carbons (Fsp3) is 0.273. The molecule has 1 aromatic rings. The first-order valence-electron chi connectivity index (χ1n) is 4.84. The maximum Gasteiger partial charge on any atom is 0.296 e. The summed E-state index contributed by atoms with van der Waals surface area (Å²) in [7, 11) is 1.58. The summed E-state index contributed by atoms with van der Waals surface area (Å²) < 4.78 is 10.2. The van der Waals surface area contributed by atoms with Crippen LogP contribution in [0.15, 0.2) is 18.2 Å². The number of nitrogens with one attached hydrogen (secondary N) is 1. The lowest BCUT2D eigenvalue weighted by Crippen LogP contribution is -2.12. The first kappa shape index (κ1) is 10.6. The van der Waals surface area contributed by atoms with E-state index >= 15 is 0 Å². The number of carbonyl (C=O) groups excluding carboxylic acids is 2. The molecule has 1 amide bonds. The molecule has 0 aromatic heterocycles. The van der Waals surface area contributed by atoms with E-state index in [1.54, 1.807) is 25.3 Å². The van der Waals surface area contributed by atoms with Crippen LogP contribution in [0.4, 0.5) is 5.69 Å². The summed E-state index contributed by atoms with van der Waals surface area (Å²) in [6, 6.07) is 4.92. The summed E-state index contributed by atoms with van der Waals surface area (Å²) in [5, 5.41) is 2.47. The molecule has 0 radical (unpaired) electrons. The SMILES string of the molecule is COCCOc1ccc2c(c1)C(=O)C(=O)N2. The predicted octanol–water partition coefficient (Wildman–Crippen LogP) is 0.847. The zero-order chi connectivity index (χ0) is 11.5. The summed E-state index contributed by atoms with van der Waals surface area (Å²) in [6.07, 6.45) is 0. The zero-order valence-electron chi connectivity index (χ0n) is 8.78. The third-order valence-electron chi connectivity index (χ3n) is 2.25. The minimum Gasteiger partial charge on any atom is -0.491 e. The zero-order valence-corrected chi connectivity index (χ0v) is 8.78. The van der Waals surface area contributed by atoms with Gasteiger partial charge in [0.2, 0.25) is 0 Å². The summed E-state index contributed by atoms with van der Waals surface area (Å²) in [4.78, 5) is 22.5. The standard InChI is InChI=1S/C11H11NO4/c1-15-4-5-16-7-2-3-9-8(6-7)10(13)11(14)12-9/h2-3,6H,4-5H2,1H3,(H,12,13,14). The van der Waals surface area contributed by atoms with Gasteiger partial charge in [-0.1, -0.05) is 0 Å². The van der Waals surface area contributed by atoms with Gasteiger partial charge in [-0.3, -0.25) is 9.59 Å². The molecule has 84 valence electrons. The average molecular weight is 221 g/mol. The molecule has 0 bridgehead atoms. The van der Waals surface area contributed by atoms with E-state index in [1.165, 1.54) is 0 Å². The minimum atomic E-state index is -0.593. The Hall–Kier alpha value is -1.88. The van der Waals surface area contributed by atoms with Crippen molar-refractivity contribution in [3.8, 4) is 5.75 Å². The largest absolute Gasteiger partial charge is 0.491 e. The van der Waals surface area contributed by atoms with Gasteiger partial charge in [0.15, 0.2) is 0 Å². The lowest BCUT2D eigenvalue weighted by Gasteiger charge is -2.06. The van der Waals surface area contributed by atoms with Crippen molar-refractivity contribution in [3.63, 3.8) is 0 Å². The molecule has 1 aliphatic heterocycles. The van der Waals surface area contributed by atoms with Crippen LogP contribution < -0.4 is 10.1 Å². The van der Waals surface area contributed by atoms with Crippen LogP contribution in [-0.2, 0) is 9.53 Å². The number of ketones is 1. The van der Waals surface area contributed by atoms with E-state index in [1.807, 2.05) is 0 Å². The third-order valence-corrected chi connectivity index (χ3v) is 2.25. The first-order valence-corrected chi connectivity index (χ1v) is 4.84. The molecule has 5 heteroatoms. The predicted molar refractivity (Wildman–Crippen MR) is 56.8 cm³/mol. The maximum absolute atomic E-state index is 11.4. The van der Waals surface area contributed by atoms with Gasteiger partial charge in [-0.05, 0) is 18.2 Å². The van der Waals surface area contributed by atoms with Crippen molar-refractivity contribution in [2.75, 3.05) is 25.6 Å². The fourth-order valence-electron chi connectivity index (χ4n) is 1.45. The molecular formula is C11H11NO4. The van der Waals surface area contributed by atoms with Gasteiger partial charge in [-0.15, -0.1) is 0 Å². The molecule has 5 nitrogen and oxygen atoms in total. The Kier molecular flexibility index (Phi) is 2.87. The number of hydrogen-bond donors (Lipinski definition) is 1. The lowest BCUT2D eigenvalue weighted by molar-refractivity contribution is -0.112. The van der Waals surface area contributed by atoms with Crippen LogP contribution in [0.2, 0.25) is 0 Å². The van der Waals surface area contributed by atoms with Gasteiger partial charge in [0.05, 0.1) is 17.9 Å². The highest BCUT2D eigenvalue weighted by Gasteiger charge is 2.28. The van der Waals surface area contributed by atoms with Crippen molar-refractivity contribution in [2.24, 2.45) is 0 Å². The highest BCUT2D eigenvalue weighted by molar-refractivity contribution is 6.51. The van der Waals surface area contributed by atoms with E-state index in [9.17, 15) is 9.59 Å². The number of rotatable bonds is 4. The van der Waals surface area contributed by atoms with Gasteiger partial charge in [-0.25, -0.2) is 0 Å². The molecule has 0 spiro atoms. The van der Waals surface area contributed by atoms with Crippen LogP contribution in [0.5, 0.6) is 5.75 Å². The third kappa shape index (κ3) is 1.90. The molecule has 0 unspecified atom stereocenters. The van der Waals surface area contributed by atoms with E-state index in [0.717, 1.165) is 0 Å². The molecule has 0 aliphatic carbocycles. The van der Waals surface area contributed by atoms with Gasteiger partial charge in [0.25, 0.3) is 11.7 Å². The van der Waals surface area contributed by atoms with Crippen LogP contribution in [-0.4, -0.2) is 32.0 Å². The summed E-state index contributed by atoms with van der Waals surface area (Å²) in [6.45, 7) is 0.882. The van der Waals surface area contributed by atoms with Gasteiger partial charge in [0, 0.05) is 7.11 Å². The number of benzene rings is 1. The van der Waals surface area contributed by atoms with Crippen LogP contribution >= 0.6 is 0 Å². The smallest absolute Gasteiger partial charge is 0.296 e. The van der Waals surface area contributed by atoms with Gasteiger partial charge in [-0.2, -0.15) is 0 Å². The topological polar surface area (TPSA) is 64.6 Å². The Balaban J connectivity index is 2.14. The van der Waals surface area contributed by atoms with E-state index < -0.39 is 11.7 Å². The molecule has 1 aliphatic rings. The maximum atomic E-state index is 11.4. The van der Waals surface area contributed by atoms with Crippen LogP contribution in [0, 0.1) is 0 Å². The second kappa shape index (κ2) is 4.32. The average Bonchev–Trinajstić information content (AvgIpc) is 2.56. The van der Waals surface area contributed by atoms with Crippen LogP contribution in [0.3, 0.4) is 0 Å². The van der Waals surface area contributed by atoms with Gasteiger partial charge >= 0.3 is 0 Å². The Bertz CT molecular complexity index is 442. The number of Topliss-reactive ketones (excluding diaryl/α,β-unsaturated/α-hetero) is 1. The Labute approximate surface area is 92.4 Å². The highest BCUT2D eigenvalue weighted by Crippen LogP contribution is 2.27. The summed E-state index contributed by atoms with van der Waals surface area (Å²) in [5.41, 5.74) is 0.897. The summed E-state index contributed by atoms with van der Waals surface area (Å²) in [5.74, 6) is -0.558. The number of amides is 1. The Morgan fingerprint density at radius 2 is 2.06 bits per heavy atom. The van der Waals surface area contributed by atoms with Gasteiger partial charge in [0.1, 0.15) is 12.4 Å². The number of ether oxygens (including phenoxy) is 2. The second-order valence-electron chi connectivity index (χ2n) is 3.33. The first-order chi connectivity index (χ1) is 7.72. The van der Waals surface area contributed by atoms with Crippen molar-refractivity contribution in [1.29, 1.82) is 0 Å². The molecule has 0 saturated heterocycles. The molecule has 0 saturated carbocycles. The Morgan fingerprint density at radius 3 is 2.81 bits per heavy atom. The van der Waals surface area contributed by atoms with Crippen molar-refractivity contribution < 1.29 is 19.1 Å². The number of hydrogen-bond acceptors (Lipinski definition) is 4. The number of anilines is 1. The summed E-state index contributed by atoms with van der Waals surface area (Å²) >= 11 is 0. The van der Waals surface area contributed by atoms with Crippen molar-refractivity contribution in [1.82, 2.24) is 0 Å². The van der Waals surface area contributed by atoms with Crippen LogP contribution in [0.25, 0.3) is 0 Å². The molecule has 0 fully saturated rings. The molecule has 1 N–H and O–H groups in total. The van der Waals surface area contributed by atoms with Crippen molar-refractivity contribution >= 4 is 17.4 Å². The Morgan fingerprint density at radius 1 is 1.25 bits per heavy atom. The molecule has 1 aromatic carbocycles. The molecule has 16 heavy (non-hydrogen) atoms. The lowest BCUT2D eigenvalue weighted by atomic mass is 10.1.